The minimum Gasteiger partial charge on any atom is -0.444 e. The predicted molar refractivity (Wildman–Crippen MR) is 84.2 cm³/mol. The molecule has 4 nitrogen and oxygen atoms in total. The zero-order valence-electron chi connectivity index (χ0n) is 12.5. The molecule has 1 rings (SSSR count). The Labute approximate surface area is 134 Å². The molecule has 1 aromatic carbocycles. The van der Waals surface area contributed by atoms with Crippen molar-refractivity contribution in [1.29, 1.82) is 0 Å². The molecular weight excluding hydrogens is 313 g/mol. The number of nitrogens with one attached hydrogen (secondary N) is 1. The van der Waals surface area contributed by atoms with Crippen LogP contribution in [0.15, 0.2) is 18.2 Å². The molecule has 0 radical (unpaired) electrons. The topological polar surface area (TPSA) is 55.4 Å². The lowest BCUT2D eigenvalue weighted by Gasteiger charge is -2.21. The molecule has 1 amide bonds. The lowest BCUT2D eigenvalue weighted by molar-refractivity contribution is 0.0506. The van der Waals surface area contributed by atoms with Crippen LogP contribution in [0.2, 0.25) is 10.0 Å². The first-order valence-electron chi connectivity index (χ1n) is 6.56. The molecule has 0 bridgehead atoms. The van der Waals surface area contributed by atoms with Crippen LogP contribution in [-0.2, 0) is 4.74 Å². The molecule has 0 heterocycles. The Bertz CT molecular complexity index is 538. The van der Waals surface area contributed by atoms with Gasteiger partial charge in [0.05, 0.1) is 5.02 Å². The van der Waals surface area contributed by atoms with Gasteiger partial charge in [-0.3, -0.25) is 4.79 Å². The number of carbonyl (C=O) groups is 2. The van der Waals surface area contributed by atoms with Crippen LogP contribution < -0.4 is 5.32 Å². The highest BCUT2D eigenvalue weighted by Crippen LogP contribution is 2.22. The second-order valence-electron chi connectivity index (χ2n) is 5.80. The van der Waals surface area contributed by atoms with Gasteiger partial charge in [-0.2, -0.15) is 0 Å². The molecule has 21 heavy (non-hydrogen) atoms. The number of ketones is 1. The number of rotatable bonds is 4. The fraction of sp³-hybridized carbons (Fsp3) is 0.467. The maximum atomic E-state index is 12.1. The largest absolute Gasteiger partial charge is 0.444 e. The van der Waals surface area contributed by atoms with Gasteiger partial charge in [-0.05, 0) is 45.9 Å². The van der Waals surface area contributed by atoms with Crippen molar-refractivity contribution in [1.82, 2.24) is 5.32 Å². The van der Waals surface area contributed by atoms with Crippen LogP contribution in [0, 0.1) is 0 Å². The summed E-state index contributed by atoms with van der Waals surface area (Å²) in [6.45, 7) is 7.05. The molecule has 0 aromatic heterocycles. The van der Waals surface area contributed by atoms with E-state index in [0.29, 0.717) is 15.6 Å². The summed E-state index contributed by atoms with van der Waals surface area (Å²) in [4.78, 5) is 23.7. The van der Waals surface area contributed by atoms with Gasteiger partial charge >= 0.3 is 6.09 Å². The third kappa shape index (κ3) is 6.36. The summed E-state index contributed by atoms with van der Waals surface area (Å²) in [5.74, 6) is -0.166. The Kier molecular flexibility index (Phi) is 6.05. The molecular formula is C15H19Cl2NO3. The molecule has 0 aliphatic heterocycles. The number of ether oxygens (including phenoxy) is 1. The number of halogens is 2. The van der Waals surface area contributed by atoms with Gasteiger partial charge in [0.15, 0.2) is 5.78 Å². The van der Waals surface area contributed by atoms with E-state index in [9.17, 15) is 9.59 Å². The molecule has 0 fully saturated rings. The van der Waals surface area contributed by atoms with E-state index < -0.39 is 11.7 Å². The summed E-state index contributed by atoms with van der Waals surface area (Å²) in [5.41, 5.74) is -0.188. The number of carbonyl (C=O) groups excluding carboxylic acids is 2. The van der Waals surface area contributed by atoms with E-state index >= 15 is 0 Å². The molecule has 1 atom stereocenters. The summed E-state index contributed by atoms with van der Waals surface area (Å²) >= 11 is 11.8. The maximum absolute atomic E-state index is 12.1. The molecule has 116 valence electrons. The SMILES string of the molecule is CC(CC(=O)c1ccc(Cl)cc1Cl)NC(=O)OC(C)(C)C. The molecule has 0 saturated carbocycles. The summed E-state index contributed by atoms with van der Waals surface area (Å²) in [6.07, 6.45) is -0.425. The standard InChI is InChI=1S/C15H19Cl2NO3/c1-9(18-14(20)21-15(2,3)4)7-13(19)11-6-5-10(16)8-12(11)17/h5-6,8-9H,7H2,1-4H3,(H,18,20). The molecule has 0 saturated heterocycles. The zero-order valence-corrected chi connectivity index (χ0v) is 14.0. The Balaban J connectivity index is 2.60. The normalized spacial score (nSPS) is 12.7. The summed E-state index contributed by atoms with van der Waals surface area (Å²) in [5, 5.41) is 3.39. The third-order valence-corrected chi connectivity index (χ3v) is 3.03. The van der Waals surface area contributed by atoms with Crippen molar-refractivity contribution in [3.05, 3.63) is 33.8 Å². The van der Waals surface area contributed by atoms with E-state index in [0.717, 1.165) is 0 Å². The first-order valence-corrected chi connectivity index (χ1v) is 7.32. The number of hydrogen-bond donors (Lipinski definition) is 1. The molecule has 1 N–H and O–H groups in total. The minimum atomic E-state index is -0.576. The first kappa shape index (κ1) is 17.8. The van der Waals surface area contributed by atoms with Crippen LogP contribution in [0.4, 0.5) is 4.79 Å². The molecule has 1 aromatic rings. The lowest BCUT2D eigenvalue weighted by atomic mass is 10.0. The molecule has 0 aliphatic carbocycles. The molecule has 0 aliphatic rings. The van der Waals surface area contributed by atoms with E-state index in [2.05, 4.69) is 5.32 Å². The van der Waals surface area contributed by atoms with E-state index in [1.54, 1.807) is 39.8 Å². The summed E-state index contributed by atoms with van der Waals surface area (Å²) in [7, 11) is 0. The monoisotopic (exact) mass is 331 g/mol. The Morgan fingerprint density at radius 1 is 1.29 bits per heavy atom. The fourth-order valence-electron chi connectivity index (χ4n) is 1.66. The highest BCUT2D eigenvalue weighted by atomic mass is 35.5. The van der Waals surface area contributed by atoms with Crippen molar-refractivity contribution in [2.75, 3.05) is 0 Å². The van der Waals surface area contributed by atoms with Crippen molar-refractivity contribution in [3.8, 4) is 0 Å². The fourth-order valence-corrected chi connectivity index (χ4v) is 2.18. The Morgan fingerprint density at radius 2 is 1.90 bits per heavy atom. The van der Waals surface area contributed by atoms with Crippen molar-refractivity contribution in [3.63, 3.8) is 0 Å². The van der Waals surface area contributed by atoms with Crippen LogP contribution in [0.3, 0.4) is 0 Å². The van der Waals surface area contributed by atoms with Gasteiger partial charge in [0.2, 0.25) is 0 Å². The molecule has 1 unspecified atom stereocenters. The smallest absolute Gasteiger partial charge is 0.407 e. The van der Waals surface area contributed by atoms with Gasteiger partial charge in [0.25, 0.3) is 0 Å². The van der Waals surface area contributed by atoms with E-state index in [1.807, 2.05) is 0 Å². The average Bonchev–Trinajstić information content (AvgIpc) is 2.24. The lowest BCUT2D eigenvalue weighted by Crippen LogP contribution is -2.38. The van der Waals surface area contributed by atoms with Gasteiger partial charge in [-0.1, -0.05) is 23.2 Å². The van der Waals surface area contributed by atoms with Crippen LogP contribution in [-0.4, -0.2) is 23.5 Å². The van der Waals surface area contributed by atoms with E-state index in [-0.39, 0.29) is 18.2 Å². The summed E-state index contributed by atoms with van der Waals surface area (Å²) < 4.78 is 5.13. The third-order valence-electron chi connectivity index (χ3n) is 2.49. The van der Waals surface area contributed by atoms with Gasteiger partial charge in [-0.25, -0.2) is 4.79 Å². The number of hydrogen-bond acceptors (Lipinski definition) is 3. The van der Waals surface area contributed by atoms with Crippen LogP contribution in [0.25, 0.3) is 0 Å². The Hall–Kier alpha value is -1.26. The van der Waals surface area contributed by atoms with Gasteiger partial charge in [-0.15, -0.1) is 0 Å². The summed E-state index contributed by atoms with van der Waals surface area (Å²) in [6, 6.07) is 4.33. The van der Waals surface area contributed by atoms with E-state index in [1.165, 1.54) is 6.07 Å². The van der Waals surface area contributed by atoms with Gasteiger partial charge in [0, 0.05) is 23.0 Å². The van der Waals surface area contributed by atoms with Crippen molar-refractivity contribution >= 4 is 35.1 Å². The van der Waals surface area contributed by atoms with Crippen LogP contribution >= 0.6 is 23.2 Å². The molecule has 0 spiro atoms. The number of benzene rings is 1. The predicted octanol–water partition coefficient (Wildman–Crippen LogP) is 4.48. The van der Waals surface area contributed by atoms with Crippen molar-refractivity contribution in [2.24, 2.45) is 0 Å². The first-order chi connectivity index (χ1) is 9.58. The highest BCUT2D eigenvalue weighted by Gasteiger charge is 2.20. The van der Waals surface area contributed by atoms with Crippen molar-refractivity contribution < 1.29 is 14.3 Å². The minimum absolute atomic E-state index is 0.126. The van der Waals surface area contributed by atoms with E-state index in [4.69, 9.17) is 27.9 Å². The van der Waals surface area contributed by atoms with Crippen LogP contribution in [0.1, 0.15) is 44.5 Å². The average molecular weight is 332 g/mol. The Morgan fingerprint density at radius 3 is 2.43 bits per heavy atom. The van der Waals surface area contributed by atoms with Crippen LogP contribution in [0.5, 0.6) is 0 Å². The van der Waals surface area contributed by atoms with Gasteiger partial charge in [0.1, 0.15) is 5.60 Å². The second-order valence-corrected chi connectivity index (χ2v) is 6.64. The highest BCUT2D eigenvalue weighted by molar-refractivity contribution is 6.36. The van der Waals surface area contributed by atoms with Gasteiger partial charge < -0.3 is 10.1 Å². The number of Topliss-reactive ketones (excluding diaryl/α,β-unsaturated/α-hetero) is 1. The van der Waals surface area contributed by atoms with Crippen molar-refractivity contribution in [2.45, 2.75) is 45.8 Å². The number of amides is 1. The second kappa shape index (κ2) is 7.14. The zero-order chi connectivity index (χ0) is 16.2. The maximum Gasteiger partial charge on any atom is 0.407 e. The quantitative estimate of drug-likeness (QED) is 0.827. The molecule has 6 heteroatoms. The number of alkyl carbamates (subject to hydrolysis) is 1.